The zero-order valence-corrected chi connectivity index (χ0v) is 14.2. The maximum Gasteiger partial charge on any atom is 0.315 e. The minimum absolute atomic E-state index is 0.000816. The average Bonchev–Trinajstić information content (AvgIpc) is 2.63. The number of nitriles is 1. The number of nitrogens with zero attached hydrogens (tertiary/aromatic N) is 1. The molecule has 0 atom stereocenters. The predicted octanol–water partition coefficient (Wildman–Crippen LogP) is 3.37. The van der Waals surface area contributed by atoms with Crippen molar-refractivity contribution in [1.29, 1.82) is 5.26 Å². The number of esters is 1. The van der Waals surface area contributed by atoms with Crippen molar-refractivity contribution in [2.24, 2.45) is 0 Å². The molecular weight excluding hydrogens is 328 g/mol. The van der Waals surface area contributed by atoms with Crippen molar-refractivity contribution in [2.75, 3.05) is 0 Å². The first-order valence-electron chi connectivity index (χ1n) is 8.07. The Balaban J connectivity index is 2.06. The third-order valence-corrected chi connectivity index (χ3v) is 3.94. The van der Waals surface area contributed by atoms with Gasteiger partial charge >= 0.3 is 5.97 Å². The Morgan fingerprint density at radius 3 is 2.31 bits per heavy atom. The van der Waals surface area contributed by atoms with E-state index in [2.05, 4.69) is 4.98 Å². The quantitative estimate of drug-likeness (QED) is 0.736. The predicted molar refractivity (Wildman–Crippen MR) is 97.7 cm³/mol. The molecule has 5 heteroatoms. The van der Waals surface area contributed by atoms with E-state index in [4.69, 9.17) is 4.74 Å². The third kappa shape index (κ3) is 3.55. The first-order valence-corrected chi connectivity index (χ1v) is 8.07. The molecule has 0 aliphatic heterocycles. The molecule has 26 heavy (non-hydrogen) atoms. The molecule has 1 aromatic heterocycles. The summed E-state index contributed by atoms with van der Waals surface area (Å²) in [5.41, 5.74) is 1.64. The lowest BCUT2D eigenvalue weighted by atomic mass is 10.0. The van der Waals surface area contributed by atoms with E-state index in [1.54, 1.807) is 31.2 Å². The van der Waals surface area contributed by atoms with Crippen LogP contribution >= 0.6 is 0 Å². The van der Waals surface area contributed by atoms with Gasteiger partial charge in [0.1, 0.15) is 11.6 Å². The van der Waals surface area contributed by atoms with Gasteiger partial charge < -0.3 is 9.72 Å². The number of hydrogen-bond acceptors (Lipinski definition) is 4. The van der Waals surface area contributed by atoms with Crippen LogP contribution in [0, 0.1) is 18.3 Å². The average molecular weight is 344 g/mol. The molecule has 0 spiro atoms. The Bertz CT molecular complexity index is 1030. The first kappa shape index (κ1) is 17.2. The summed E-state index contributed by atoms with van der Waals surface area (Å²) in [7, 11) is 0. The van der Waals surface area contributed by atoms with Crippen LogP contribution in [0.25, 0.3) is 11.1 Å². The van der Waals surface area contributed by atoms with Gasteiger partial charge in [-0.1, -0.05) is 60.7 Å². The minimum Gasteiger partial charge on any atom is -0.424 e. The number of nitrogens with one attached hydrogen (secondary N) is 1. The van der Waals surface area contributed by atoms with E-state index in [1.807, 2.05) is 42.5 Å². The van der Waals surface area contributed by atoms with Gasteiger partial charge in [0.2, 0.25) is 0 Å². The zero-order valence-electron chi connectivity index (χ0n) is 14.2. The Hall–Kier alpha value is -3.65. The molecule has 0 saturated heterocycles. The van der Waals surface area contributed by atoms with Crippen LogP contribution in [-0.2, 0) is 11.2 Å². The standard InChI is InChI=1S/C21H16N2O3/c1-14-17(13-22)20(26-18(24)12-15-8-4-2-5-9-15)19(21(25)23-14)16-10-6-3-7-11-16/h2-11H,12H2,1H3,(H,23,25). The number of aryl methyl sites for hydroxylation is 1. The van der Waals surface area contributed by atoms with Crippen LogP contribution < -0.4 is 10.3 Å². The van der Waals surface area contributed by atoms with Gasteiger partial charge in [-0.15, -0.1) is 0 Å². The van der Waals surface area contributed by atoms with Gasteiger partial charge in [0, 0.05) is 5.69 Å². The van der Waals surface area contributed by atoms with Gasteiger partial charge in [-0.05, 0) is 18.1 Å². The Labute approximate surface area is 150 Å². The largest absolute Gasteiger partial charge is 0.424 e. The highest BCUT2D eigenvalue weighted by Crippen LogP contribution is 2.31. The molecule has 0 amide bonds. The maximum atomic E-state index is 12.5. The lowest BCUT2D eigenvalue weighted by Crippen LogP contribution is -2.19. The second kappa shape index (κ2) is 7.49. The third-order valence-electron chi connectivity index (χ3n) is 3.94. The molecule has 1 heterocycles. The molecule has 0 aliphatic rings. The van der Waals surface area contributed by atoms with Crippen molar-refractivity contribution < 1.29 is 9.53 Å². The van der Waals surface area contributed by atoms with E-state index >= 15 is 0 Å². The monoisotopic (exact) mass is 344 g/mol. The summed E-state index contributed by atoms with van der Waals surface area (Å²) in [5, 5.41) is 9.50. The van der Waals surface area contributed by atoms with Crippen molar-refractivity contribution >= 4 is 5.97 Å². The van der Waals surface area contributed by atoms with E-state index in [0.29, 0.717) is 11.3 Å². The Morgan fingerprint density at radius 2 is 1.69 bits per heavy atom. The van der Waals surface area contributed by atoms with Crippen LogP contribution in [0.5, 0.6) is 5.75 Å². The number of pyridine rings is 1. The van der Waals surface area contributed by atoms with Gasteiger partial charge in [0.05, 0.1) is 12.0 Å². The highest BCUT2D eigenvalue weighted by Gasteiger charge is 2.21. The zero-order chi connectivity index (χ0) is 18.5. The number of rotatable bonds is 4. The second-order valence-electron chi connectivity index (χ2n) is 5.77. The SMILES string of the molecule is Cc1[nH]c(=O)c(-c2ccccc2)c(OC(=O)Cc2ccccc2)c1C#N. The fourth-order valence-corrected chi connectivity index (χ4v) is 2.71. The van der Waals surface area contributed by atoms with Gasteiger partial charge in [0.15, 0.2) is 5.75 Å². The molecule has 128 valence electrons. The number of carbonyl (C=O) groups excluding carboxylic acids is 1. The number of aromatic amines is 1. The molecule has 0 radical (unpaired) electrons. The van der Waals surface area contributed by atoms with Gasteiger partial charge in [-0.3, -0.25) is 9.59 Å². The highest BCUT2D eigenvalue weighted by molar-refractivity contribution is 5.81. The lowest BCUT2D eigenvalue weighted by molar-refractivity contribution is -0.133. The summed E-state index contributed by atoms with van der Waals surface area (Å²) in [4.78, 5) is 27.6. The molecule has 0 unspecified atom stereocenters. The summed E-state index contributed by atoms with van der Waals surface area (Å²) in [5.74, 6) is -0.532. The van der Waals surface area contributed by atoms with E-state index in [0.717, 1.165) is 5.56 Å². The van der Waals surface area contributed by atoms with E-state index in [1.165, 1.54) is 0 Å². The van der Waals surface area contributed by atoms with Crippen LogP contribution in [0.2, 0.25) is 0 Å². The number of hydrogen-bond donors (Lipinski definition) is 1. The minimum atomic E-state index is -0.533. The lowest BCUT2D eigenvalue weighted by Gasteiger charge is -2.13. The van der Waals surface area contributed by atoms with E-state index in [-0.39, 0.29) is 23.3 Å². The van der Waals surface area contributed by atoms with Crippen molar-refractivity contribution in [3.05, 3.63) is 87.8 Å². The summed E-state index contributed by atoms with van der Waals surface area (Å²) >= 11 is 0. The molecule has 5 nitrogen and oxygen atoms in total. The molecule has 1 N–H and O–H groups in total. The number of benzene rings is 2. The van der Waals surface area contributed by atoms with E-state index < -0.39 is 11.5 Å². The molecule has 0 aliphatic carbocycles. The van der Waals surface area contributed by atoms with Crippen LogP contribution in [0.4, 0.5) is 0 Å². The Morgan fingerprint density at radius 1 is 1.08 bits per heavy atom. The summed E-state index contributed by atoms with van der Waals surface area (Å²) in [6.45, 7) is 1.60. The van der Waals surface area contributed by atoms with E-state index in [9.17, 15) is 14.9 Å². The van der Waals surface area contributed by atoms with Crippen LogP contribution in [0.3, 0.4) is 0 Å². The Kier molecular flexibility index (Phi) is 4.95. The van der Waals surface area contributed by atoms with Crippen LogP contribution in [0.15, 0.2) is 65.5 Å². The van der Waals surface area contributed by atoms with Crippen molar-refractivity contribution in [3.63, 3.8) is 0 Å². The molecule has 0 fully saturated rings. The van der Waals surface area contributed by atoms with Crippen molar-refractivity contribution in [2.45, 2.75) is 13.3 Å². The van der Waals surface area contributed by atoms with Gasteiger partial charge in [-0.25, -0.2) is 0 Å². The molecule has 2 aromatic carbocycles. The molecule has 3 rings (SSSR count). The van der Waals surface area contributed by atoms with Gasteiger partial charge in [0.25, 0.3) is 5.56 Å². The molecule has 3 aromatic rings. The van der Waals surface area contributed by atoms with Crippen molar-refractivity contribution in [1.82, 2.24) is 4.98 Å². The van der Waals surface area contributed by atoms with Crippen LogP contribution in [-0.4, -0.2) is 11.0 Å². The second-order valence-corrected chi connectivity index (χ2v) is 5.77. The van der Waals surface area contributed by atoms with Crippen LogP contribution in [0.1, 0.15) is 16.8 Å². The molecule has 0 bridgehead atoms. The number of aromatic nitrogens is 1. The number of H-pyrrole nitrogens is 1. The number of carbonyl (C=O) groups is 1. The normalized spacial score (nSPS) is 10.2. The fourth-order valence-electron chi connectivity index (χ4n) is 2.71. The highest BCUT2D eigenvalue weighted by atomic mass is 16.5. The molecular formula is C21H16N2O3. The fraction of sp³-hybridized carbons (Fsp3) is 0.0952. The summed E-state index contributed by atoms with van der Waals surface area (Å²) in [6, 6.07) is 20.0. The first-order chi connectivity index (χ1) is 12.6. The van der Waals surface area contributed by atoms with Gasteiger partial charge in [-0.2, -0.15) is 5.26 Å². The summed E-state index contributed by atoms with van der Waals surface area (Å²) < 4.78 is 5.51. The summed E-state index contributed by atoms with van der Waals surface area (Å²) in [6.07, 6.45) is 0.0474. The number of ether oxygens (including phenoxy) is 1. The smallest absolute Gasteiger partial charge is 0.315 e. The van der Waals surface area contributed by atoms with Crippen molar-refractivity contribution in [3.8, 4) is 22.9 Å². The maximum absolute atomic E-state index is 12.5. The topological polar surface area (TPSA) is 83.0 Å². The molecule has 0 saturated carbocycles.